The van der Waals surface area contributed by atoms with Gasteiger partial charge in [0.05, 0.1) is 0 Å². The molecule has 0 aliphatic carbocycles. The first-order chi connectivity index (χ1) is 13.5. The predicted molar refractivity (Wildman–Crippen MR) is 106 cm³/mol. The molecule has 1 fully saturated rings. The van der Waals surface area contributed by atoms with E-state index in [9.17, 15) is 14.4 Å². The van der Waals surface area contributed by atoms with Gasteiger partial charge >= 0.3 is 6.03 Å². The first kappa shape index (κ1) is 19.2. The van der Waals surface area contributed by atoms with E-state index in [1.807, 2.05) is 48.5 Å². The van der Waals surface area contributed by atoms with Crippen molar-refractivity contribution in [3.8, 4) is 11.8 Å². The molecule has 2 aromatic rings. The van der Waals surface area contributed by atoms with Gasteiger partial charge in [0.2, 0.25) is 11.8 Å². The van der Waals surface area contributed by atoms with Crippen LogP contribution in [-0.4, -0.2) is 47.8 Å². The minimum Gasteiger partial charge on any atom is -0.326 e. The Bertz CT molecular complexity index is 944. The summed E-state index contributed by atoms with van der Waals surface area (Å²) in [6.45, 7) is 0.347. The molecule has 0 radical (unpaired) electrons. The van der Waals surface area contributed by atoms with Gasteiger partial charge in [-0.3, -0.25) is 14.5 Å². The molecule has 6 nitrogen and oxygen atoms in total. The summed E-state index contributed by atoms with van der Waals surface area (Å²) < 4.78 is 0. The van der Waals surface area contributed by atoms with Crippen LogP contribution in [0.25, 0.3) is 0 Å². The third-order valence-electron chi connectivity index (χ3n) is 4.29. The highest BCUT2D eigenvalue weighted by Gasteiger charge is 2.32. The minimum atomic E-state index is -0.310. The van der Waals surface area contributed by atoms with E-state index in [1.165, 1.54) is 9.80 Å². The number of urea groups is 1. The Morgan fingerprint density at radius 3 is 2.46 bits per heavy atom. The van der Waals surface area contributed by atoms with Gasteiger partial charge in [-0.15, -0.1) is 0 Å². The molecular weight excluding hydrogens is 354 g/mol. The van der Waals surface area contributed by atoms with Crippen LogP contribution in [0.4, 0.5) is 10.5 Å². The lowest BCUT2D eigenvalue weighted by molar-refractivity contribution is -0.125. The molecule has 1 aliphatic heterocycles. The van der Waals surface area contributed by atoms with Crippen molar-refractivity contribution >= 4 is 23.5 Å². The average molecular weight is 375 g/mol. The van der Waals surface area contributed by atoms with Crippen LogP contribution in [0.3, 0.4) is 0 Å². The van der Waals surface area contributed by atoms with E-state index in [2.05, 4.69) is 17.2 Å². The first-order valence-corrected chi connectivity index (χ1v) is 9.05. The number of imide groups is 1. The Hall–Kier alpha value is -3.59. The lowest BCUT2D eigenvalue weighted by atomic mass is 10.1. The van der Waals surface area contributed by atoms with Crippen molar-refractivity contribution in [2.75, 3.05) is 25.5 Å². The van der Waals surface area contributed by atoms with Gasteiger partial charge in [0, 0.05) is 36.8 Å². The molecule has 28 heavy (non-hydrogen) atoms. The summed E-state index contributed by atoms with van der Waals surface area (Å²) in [4.78, 5) is 38.2. The van der Waals surface area contributed by atoms with E-state index >= 15 is 0 Å². The molecule has 0 bridgehead atoms. The number of likely N-dealkylation sites (N-methyl/N-ethyl adjacent to an activating group) is 1. The fourth-order valence-electron chi connectivity index (χ4n) is 2.85. The largest absolute Gasteiger partial charge is 0.326 e. The van der Waals surface area contributed by atoms with Gasteiger partial charge in [-0.25, -0.2) is 4.79 Å². The van der Waals surface area contributed by atoms with Gasteiger partial charge in [0.15, 0.2) is 0 Å². The van der Waals surface area contributed by atoms with Crippen molar-refractivity contribution in [2.45, 2.75) is 12.8 Å². The number of carbonyl (C=O) groups is 3. The molecule has 1 heterocycles. The second-order valence-electron chi connectivity index (χ2n) is 6.53. The fourth-order valence-corrected chi connectivity index (χ4v) is 2.85. The first-order valence-electron chi connectivity index (χ1n) is 9.05. The summed E-state index contributed by atoms with van der Waals surface area (Å²) in [6, 6.07) is 16.7. The monoisotopic (exact) mass is 375 g/mol. The average Bonchev–Trinajstić information content (AvgIpc) is 2.93. The molecule has 1 saturated heterocycles. The molecule has 6 heteroatoms. The number of nitrogens with zero attached hydrogens (tertiary/aromatic N) is 2. The molecule has 0 saturated carbocycles. The second kappa shape index (κ2) is 8.87. The van der Waals surface area contributed by atoms with Crippen molar-refractivity contribution in [1.82, 2.24) is 9.80 Å². The van der Waals surface area contributed by atoms with Gasteiger partial charge in [-0.2, -0.15) is 0 Å². The molecule has 0 unspecified atom stereocenters. The lowest BCUT2D eigenvalue weighted by Crippen LogP contribution is -2.32. The minimum absolute atomic E-state index is 0.0990. The van der Waals surface area contributed by atoms with E-state index in [4.69, 9.17) is 0 Å². The number of hydrogen-bond acceptors (Lipinski definition) is 3. The molecular formula is C22H21N3O3. The standard InChI is InChI=1S/C22H21N3O3/c1-24-16-21(27)25(22(24)28)14-6-11-20(26)23-19-10-5-9-18(15-19)13-12-17-7-3-2-4-8-17/h2-5,7-10,15H,6,11,14,16H2,1H3,(H,23,26). The van der Waals surface area contributed by atoms with E-state index in [1.54, 1.807) is 13.1 Å². The number of rotatable bonds is 5. The van der Waals surface area contributed by atoms with Crippen LogP contribution >= 0.6 is 0 Å². The SMILES string of the molecule is CN1CC(=O)N(CCCC(=O)Nc2cccc(C#Cc3ccccc3)c2)C1=O. The highest BCUT2D eigenvalue weighted by atomic mass is 16.2. The Morgan fingerprint density at radius 1 is 1.04 bits per heavy atom. The van der Waals surface area contributed by atoms with Gasteiger partial charge in [-0.1, -0.05) is 36.1 Å². The normalized spacial score (nSPS) is 13.3. The second-order valence-corrected chi connectivity index (χ2v) is 6.53. The van der Waals surface area contributed by atoms with Crippen molar-refractivity contribution in [1.29, 1.82) is 0 Å². The quantitative estimate of drug-likeness (QED) is 0.645. The van der Waals surface area contributed by atoms with Crippen LogP contribution in [0.5, 0.6) is 0 Å². The zero-order chi connectivity index (χ0) is 19.9. The number of nitrogens with one attached hydrogen (secondary N) is 1. The molecule has 0 aromatic heterocycles. The molecule has 2 aromatic carbocycles. The van der Waals surface area contributed by atoms with E-state index in [-0.39, 0.29) is 37.4 Å². The van der Waals surface area contributed by atoms with Crippen LogP contribution in [0, 0.1) is 11.8 Å². The zero-order valence-corrected chi connectivity index (χ0v) is 15.6. The molecule has 1 N–H and O–H groups in total. The van der Waals surface area contributed by atoms with Crippen LogP contribution in [-0.2, 0) is 9.59 Å². The van der Waals surface area contributed by atoms with Crippen LogP contribution in [0.2, 0.25) is 0 Å². The van der Waals surface area contributed by atoms with Crippen LogP contribution in [0.15, 0.2) is 54.6 Å². The molecule has 3 rings (SSSR count). The van der Waals surface area contributed by atoms with Crippen molar-refractivity contribution in [2.24, 2.45) is 0 Å². The lowest BCUT2D eigenvalue weighted by Gasteiger charge is -2.13. The van der Waals surface area contributed by atoms with E-state index in [0.29, 0.717) is 12.1 Å². The summed E-state index contributed by atoms with van der Waals surface area (Å²) in [6.07, 6.45) is 0.644. The van der Waals surface area contributed by atoms with Gasteiger partial charge in [0.25, 0.3) is 0 Å². The number of anilines is 1. The zero-order valence-electron chi connectivity index (χ0n) is 15.6. The Morgan fingerprint density at radius 2 is 1.75 bits per heavy atom. The Balaban J connectivity index is 1.51. The molecule has 0 atom stereocenters. The highest BCUT2D eigenvalue weighted by molar-refractivity contribution is 6.01. The van der Waals surface area contributed by atoms with Crippen LogP contribution in [0.1, 0.15) is 24.0 Å². The number of amides is 4. The Kier molecular flexibility index (Phi) is 6.07. The third-order valence-corrected chi connectivity index (χ3v) is 4.29. The van der Waals surface area contributed by atoms with E-state index in [0.717, 1.165) is 11.1 Å². The number of carbonyl (C=O) groups excluding carboxylic acids is 3. The fraction of sp³-hybridized carbons (Fsp3) is 0.227. The predicted octanol–water partition coefficient (Wildman–Crippen LogP) is 2.70. The van der Waals surface area contributed by atoms with Gasteiger partial charge in [0.1, 0.15) is 6.54 Å². The Labute approximate surface area is 164 Å². The van der Waals surface area contributed by atoms with Crippen molar-refractivity contribution in [3.63, 3.8) is 0 Å². The number of benzene rings is 2. The third kappa shape index (κ3) is 4.98. The smallest absolute Gasteiger partial charge is 0.326 e. The van der Waals surface area contributed by atoms with E-state index < -0.39 is 0 Å². The molecule has 4 amide bonds. The molecule has 142 valence electrons. The molecule has 0 spiro atoms. The van der Waals surface area contributed by atoms with Gasteiger partial charge in [-0.05, 0) is 36.8 Å². The molecule has 1 aliphatic rings. The summed E-state index contributed by atoms with van der Waals surface area (Å²) in [5, 5.41) is 2.83. The van der Waals surface area contributed by atoms with Crippen LogP contribution < -0.4 is 5.32 Å². The topological polar surface area (TPSA) is 69.7 Å². The number of hydrogen-bond donors (Lipinski definition) is 1. The summed E-state index contributed by atoms with van der Waals surface area (Å²) in [5.41, 5.74) is 2.39. The summed E-state index contributed by atoms with van der Waals surface area (Å²) in [5.74, 6) is 5.77. The maximum Gasteiger partial charge on any atom is 0.326 e. The van der Waals surface area contributed by atoms with Crippen molar-refractivity contribution in [3.05, 3.63) is 65.7 Å². The van der Waals surface area contributed by atoms with Crippen molar-refractivity contribution < 1.29 is 14.4 Å². The maximum atomic E-state index is 12.2. The highest BCUT2D eigenvalue weighted by Crippen LogP contribution is 2.12. The van der Waals surface area contributed by atoms with Gasteiger partial charge < -0.3 is 10.2 Å². The summed E-state index contributed by atoms with van der Waals surface area (Å²) >= 11 is 0. The summed E-state index contributed by atoms with van der Waals surface area (Å²) in [7, 11) is 1.58. The maximum absolute atomic E-state index is 12.2.